The van der Waals surface area contributed by atoms with Crippen LogP contribution in [-0.4, -0.2) is 66.8 Å². The second-order valence-electron chi connectivity index (χ2n) is 7.36. The van der Waals surface area contributed by atoms with Crippen molar-refractivity contribution in [3.8, 4) is 0 Å². The number of likely N-dealkylation sites (N-methyl/N-ethyl adjacent to an activating group) is 1. The number of imide groups is 1. The third-order valence-corrected chi connectivity index (χ3v) is 5.63. The standard InChI is InChI=1S/C20H25N3O5/c1-22(16-5-6-17(26)21-19(16)27)20(28)18-14(12-25)3-2-4-15(18)23-9-7-13(11-24)8-10-23/h2-4,12-13,16,24H,5-11H2,1H3,(H,21,26,27). The van der Waals surface area contributed by atoms with Crippen LogP contribution in [0, 0.1) is 5.92 Å². The van der Waals surface area contributed by atoms with Gasteiger partial charge in [-0.25, -0.2) is 0 Å². The summed E-state index contributed by atoms with van der Waals surface area (Å²) in [5, 5.41) is 11.6. The number of carbonyl (C=O) groups is 4. The number of hydrogen-bond acceptors (Lipinski definition) is 6. The third-order valence-electron chi connectivity index (χ3n) is 5.63. The Kier molecular flexibility index (Phi) is 6.08. The molecule has 0 saturated carbocycles. The van der Waals surface area contributed by atoms with Crippen molar-refractivity contribution >= 4 is 29.7 Å². The Balaban J connectivity index is 1.89. The molecule has 2 fully saturated rings. The molecule has 3 amide bonds. The average molecular weight is 387 g/mol. The van der Waals surface area contributed by atoms with Crippen molar-refractivity contribution in [2.24, 2.45) is 5.92 Å². The van der Waals surface area contributed by atoms with E-state index in [9.17, 15) is 24.3 Å². The summed E-state index contributed by atoms with van der Waals surface area (Å²) in [6, 6.07) is 4.37. The van der Waals surface area contributed by atoms with Crippen LogP contribution in [0.2, 0.25) is 0 Å². The van der Waals surface area contributed by atoms with Gasteiger partial charge in [-0.15, -0.1) is 0 Å². The number of anilines is 1. The normalized spacial score (nSPS) is 20.6. The van der Waals surface area contributed by atoms with Crippen molar-refractivity contribution in [1.82, 2.24) is 10.2 Å². The van der Waals surface area contributed by atoms with Crippen LogP contribution in [0.25, 0.3) is 0 Å². The molecule has 2 saturated heterocycles. The first-order valence-corrected chi connectivity index (χ1v) is 9.51. The number of carbonyl (C=O) groups excluding carboxylic acids is 4. The summed E-state index contributed by atoms with van der Waals surface area (Å²) in [7, 11) is 1.52. The van der Waals surface area contributed by atoms with Crippen LogP contribution < -0.4 is 10.2 Å². The molecule has 1 aromatic carbocycles. The third kappa shape index (κ3) is 3.91. The van der Waals surface area contributed by atoms with Gasteiger partial charge in [0.25, 0.3) is 5.91 Å². The fraction of sp³-hybridized carbons (Fsp3) is 0.500. The number of piperidine rings is 2. The number of nitrogens with zero attached hydrogens (tertiary/aromatic N) is 2. The van der Waals surface area contributed by atoms with Crippen LogP contribution in [0.5, 0.6) is 0 Å². The van der Waals surface area contributed by atoms with Gasteiger partial charge < -0.3 is 14.9 Å². The van der Waals surface area contributed by atoms with Crippen LogP contribution in [0.4, 0.5) is 5.69 Å². The zero-order valence-electron chi connectivity index (χ0n) is 15.9. The number of benzene rings is 1. The Labute approximate surface area is 163 Å². The molecule has 1 atom stereocenters. The molecule has 0 bridgehead atoms. The van der Waals surface area contributed by atoms with Gasteiger partial charge in [-0.3, -0.25) is 24.5 Å². The number of rotatable bonds is 5. The average Bonchev–Trinajstić information content (AvgIpc) is 2.72. The van der Waals surface area contributed by atoms with Gasteiger partial charge in [-0.1, -0.05) is 12.1 Å². The number of aliphatic hydroxyl groups excluding tert-OH is 1. The second-order valence-corrected chi connectivity index (χ2v) is 7.36. The Morgan fingerprint density at radius 1 is 1.29 bits per heavy atom. The minimum absolute atomic E-state index is 0.145. The number of nitrogens with one attached hydrogen (secondary N) is 1. The maximum Gasteiger partial charge on any atom is 0.257 e. The molecule has 0 aromatic heterocycles. The van der Waals surface area contributed by atoms with Crippen molar-refractivity contribution < 1.29 is 24.3 Å². The smallest absolute Gasteiger partial charge is 0.257 e. The van der Waals surface area contributed by atoms with Crippen LogP contribution in [0.1, 0.15) is 46.4 Å². The molecule has 0 radical (unpaired) electrons. The molecule has 150 valence electrons. The van der Waals surface area contributed by atoms with Crippen LogP contribution in [-0.2, 0) is 9.59 Å². The van der Waals surface area contributed by atoms with Gasteiger partial charge in [0.2, 0.25) is 11.8 Å². The summed E-state index contributed by atoms with van der Waals surface area (Å²) in [4.78, 5) is 51.8. The van der Waals surface area contributed by atoms with E-state index in [1.807, 2.05) is 4.90 Å². The lowest BCUT2D eigenvalue weighted by Gasteiger charge is -2.35. The monoisotopic (exact) mass is 387 g/mol. The van der Waals surface area contributed by atoms with Crippen LogP contribution in [0.3, 0.4) is 0 Å². The zero-order chi connectivity index (χ0) is 20.3. The second kappa shape index (κ2) is 8.52. The SMILES string of the molecule is CN(C(=O)c1c(C=O)cccc1N1CCC(CO)CC1)C1CCC(=O)NC1=O. The Morgan fingerprint density at radius 2 is 2.00 bits per heavy atom. The summed E-state index contributed by atoms with van der Waals surface area (Å²) in [5.41, 5.74) is 1.20. The van der Waals surface area contributed by atoms with Crippen LogP contribution in [0.15, 0.2) is 18.2 Å². The predicted octanol–water partition coefficient (Wildman–Crippen LogP) is 0.585. The van der Waals surface area contributed by atoms with E-state index < -0.39 is 17.9 Å². The van der Waals surface area contributed by atoms with Gasteiger partial charge in [0.1, 0.15) is 6.04 Å². The van der Waals surface area contributed by atoms with Crippen molar-refractivity contribution in [3.63, 3.8) is 0 Å². The maximum atomic E-state index is 13.3. The highest BCUT2D eigenvalue weighted by atomic mass is 16.3. The molecule has 0 spiro atoms. The Bertz CT molecular complexity index is 786. The Hall–Kier alpha value is -2.74. The van der Waals surface area contributed by atoms with Gasteiger partial charge in [0, 0.05) is 38.7 Å². The molecule has 1 unspecified atom stereocenters. The summed E-state index contributed by atoms with van der Waals surface area (Å²) in [5.74, 6) is -1.02. The minimum Gasteiger partial charge on any atom is -0.396 e. The molecule has 2 N–H and O–H groups in total. The van der Waals surface area contributed by atoms with E-state index in [2.05, 4.69) is 5.32 Å². The topological polar surface area (TPSA) is 107 Å². The molecule has 0 aliphatic carbocycles. The highest BCUT2D eigenvalue weighted by Crippen LogP contribution is 2.30. The van der Waals surface area contributed by atoms with Gasteiger partial charge in [-0.05, 0) is 31.2 Å². The summed E-state index contributed by atoms with van der Waals surface area (Å²) in [6.07, 6.45) is 2.69. The maximum absolute atomic E-state index is 13.3. The fourth-order valence-electron chi connectivity index (χ4n) is 3.88. The molecule has 1 aromatic rings. The van der Waals surface area contributed by atoms with Crippen molar-refractivity contribution in [2.75, 3.05) is 31.6 Å². The molecular formula is C20H25N3O5. The minimum atomic E-state index is -0.752. The number of aliphatic hydroxyl groups is 1. The first-order valence-electron chi connectivity index (χ1n) is 9.51. The van der Waals surface area contributed by atoms with E-state index in [0.29, 0.717) is 25.1 Å². The summed E-state index contributed by atoms with van der Waals surface area (Å²) in [6.45, 7) is 1.50. The fourth-order valence-corrected chi connectivity index (χ4v) is 3.88. The quantitative estimate of drug-likeness (QED) is 0.566. The lowest BCUT2D eigenvalue weighted by Crippen LogP contribution is -2.53. The molecule has 28 heavy (non-hydrogen) atoms. The van der Waals surface area contributed by atoms with Crippen molar-refractivity contribution in [3.05, 3.63) is 29.3 Å². The lowest BCUT2D eigenvalue weighted by atomic mass is 9.95. The van der Waals surface area contributed by atoms with E-state index >= 15 is 0 Å². The van der Waals surface area contributed by atoms with Crippen molar-refractivity contribution in [1.29, 1.82) is 0 Å². The van der Waals surface area contributed by atoms with E-state index in [1.54, 1.807) is 18.2 Å². The number of aldehydes is 1. The zero-order valence-corrected chi connectivity index (χ0v) is 15.9. The predicted molar refractivity (Wildman–Crippen MR) is 102 cm³/mol. The molecular weight excluding hydrogens is 362 g/mol. The first-order chi connectivity index (χ1) is 13.5. The summed E-state index contributed by atoms with van der Waals surface area (Å²) < 4.78 is 0. The van der Waals surface area contributed by atoms with E-state index in [0.717, 1.165) is 12.8 Å². The molecule has 2 aliphatic heterocycles. The molecule has 3 rings (SSSR count). The van der Waals surface area contributed by atoms with Crippen molar-refractivity contribution in [2.45, 2.75) is 31.7 Å². The van der Waals surface area contributed by atoms with Gasteiger partial charge in [0.05, 0.1) is 11.3 Å². The van der Waals surface area contributed by atoms with E-state index in [1.165, 1.54) is 11.9 Å². The molecule has 8 heteroatoms. The first kappa shape index (κ1) is 20.0. The highest BCUT2D eigenvalue weighted by Gasteiger charge is 2.34. The van der Waals surface area contributed by atoms with Crippen LogP contribution >= 0.6 is 0 Å². The van der Waals surface area contributed by atoms with E-state index in [4.69, 9.17) is 0 Å². The summed E-state index contributed by atoms with van der Waals surface area (Å²) >= 11 is 0. The molecule has 2 aliphatic rings. The molecule has 2 heterocycles. The lowest BCUT2D eigenvalue weighted by molar-refractivity contribution is -0.136. The Morgan fingerprint density at radius 3 is 2.61 bits per heavy atom. The molecule has 8 nitrogen and oxygen atoms in total. The van der Waals surface area contributed by atoms with E-state index in [-0.39, 0.29) is 42.4 Å². The largest absolute Gasteiger partial charge is 0.396 e. The van der Waals surface area contributed by atoms with Gasteiger partial charge >= 0.3 is 0 Å². The number of hydrogen-bond donors (Lipinski definition) is 2. The number of amides is 3. The highest BCUT2D eigenvalue weighted by molar-refractivity contribution is 6.09. The van der Waals surface area contributed by atoms with Gasteiger partial charge in [0.15, 0.2) is 6.29 Å². The van der Waals surface area contributed by atoms with Gasteiger partial charge in [-0.2, -0.15) is 0 Å².